The first-order chi connectivity index (χ1) is 14.0. The van der Waals surface area contributed by atoms with E-state index < -0.39 is 0 Å². The summed E-state index contributed by atoms with van der Waals surface area (Å²) < 4.78 is 6.14. The van der Waals surface area contributed by atoms with Crippen molar-refractivity contribution in [3.05, 3.63) is 48.3 Å². The van der Waals surface area contributed by atoms with Gasteiger partial charge in [-0.15, -0.1) is 0 Å². The average Bonchev–Trinajstić information content (AvgIpc) is 2.93. The van der Waals surface area contributed by atoms with Gasteiger partial charge in [0.25, 0.3) is 5.91 Å². The molecule has 0 radical (unpaired) electrons. The van der Waals surface area contributed by atoms with Crippen LogP contribution >= 0.6 is 0 Å². The lowest BCUT2D eigenvalue weighted by atomic mass is 9.92. The Hall–Kier alpha value is -2.51. The monoisotopic (exact) mass is 395 g/mol. The van der Waals surface area contributed by atoms with Gasteiger partial charge in [-0.25, -0.2) is 9.97 Å². The molecular formula is C22H29N5O2. The largest absolute Gasteiger partial charge is 0.363 e. The highest BCUT2D eigenvalue weighted by atomic mass is 16.5. The van der Waals surface area contributed by atoms with Gasteiger partial charge in [-0.05, 0) is 37.9 Å². The first-order valence-corrected chi connectivity index (χ1v) is 10.2. The second-order valence-electron chi connectivity index (χ2n) is 8.20. The van der Waals surface area contributed by atoms with Gasteiger partial charge in [-0.3, -0.25) is 9.69 Å². The Morgan fingerprint density at radius 1 is 1.10 bits per heavy atom. The van der Waals surface area contributed by atoms with E-state index in [4.69, 9.17) is 4.74 Å². The smallest absolute Gasteiger partial charge is 0.253 e. The lowest BCUT2D eigenvalue weighted by Gasteiger charge is -2.42. The molecule has 29 heavy (non-hydrogen) atoms. The predicted molar refractivity (Wildman–Crippen MR) is 113 cm³/mol. The molecule has 0 aliphatic carbocycles. The van der Waals surface area contributed by atoms with Gasteiger partial charge in [-0.1, -0.05) is 18.2 Å². The van der Waals surface area contributed by atoms with Gasteiger partial charge in [0.05, 0.1) is 12.1 Å². The summed E-state index contributed by atoms with van der Waals surface area (Å²) in [7, 11) is 3.88. The van der Waals surface area contributed by atoms with E-state index in [0.717, 1.165) is 56.1 Å². The van der Waals surface area contributed by atoms with Crippen molar-refractivity contribution in [3.8, 4) is 0 Å². The van der Waals surface area contributed by atoms with Crippen LogP contribution in [-0.2, 0) is 16.1 Å². The molecule has 0 saturated carbocycles. The van der Waals surface area contributed by atoms with Gasteiger partial charge in [0, 0.05) is 50.8 Å². The highest BCUT2D eigenvalue weighted by Gasteiger charge is 2.41. The quantitative estimate of drug-likeness (QED) is 0.792. The summed E-state index contributed by atoms with van der Waals surface area (Å²) in [5, 5.41) is 0. The van der Waals surface area contributed by atoms with Crippen molar-refractivity contribution in [1.29, 1.82) is 0 Å². The summed E-state index contributed by atoms with van der Waals surface area (Å²) in [4.78, 5) is 27.5. The number of morpholine rings is 1. The summed E-state index contributed by atoms with van der Waals surface area (Å²) in [6.07, 6.45) is 6.76. The molecule has 1 amide bonds. The number of likely N-dealkylation sites (tertiary alicyclic amines) is 1. The maximum Gasteiger partial charge on any atom is 0.253 e. The molecule has 1 unspecified atom stereocenters. The van der Waals surface area contributed by atoms with Crippen LogP contribution in [0.4, 0.5) is 11.6 Å². The first kappa shape index (κ1) is 19.8. The third-order valence-corrected chi connectivity index (χ3v) is 5.81. The first-order valence-electron chi connectivity index (χ1n) is 10.2. The molecule has 7 nitrogen and oxygen atoms in total. The Kier molecular flexibility index (Phi) is 5.78. The number of amides is 1. The molecule has 0 bridgehead atoms. The summed E-state index contributed by atoms with van der Waals surface area (Å²) in [5.41, 5.74) is 1.82. The highest BCUT2D eigenvalue weighted by Crippen LogP contribution is 2.33. The number of benzene rings is 1. The average molecular weight is 396 g/mol. The fraction of sp³-hybridized carbons (Fsp3) is 0.500. The number of para-hydroxylation sites is 1. The molecule has 4 rings (SSSR count). The fourth-order valence-electron chi connectivity index (χ4n) is 4.16. The SMILES string of the molecule is CN(C)c1ncc(CN2CCCC3(CC2)CN(c2ccccc2)C(=O)CO3)cn1. The van der Waals surface area contributed by atoms with Crippen molar-refractivity contribution in [2.45, 2.75) is 31.4 Å². The molecule has 0 N–H and O–H groups in total. The number of ether oxygens (including phenoxy) is 1. The number of hydrogen-bond donors (Lipinski definition) is 0. The Balaban J connectivity index is 1.40. The van der Waals surface area contributed by atoms with E-state index in [0.29, 0.717) is 6.54 Å². The van der Waals surface area contributed by atoms with Gasteiger partial charge in [0.2, 0.25) is 5.95 Å². The van der Waals surface area contributed by atoms with Crippen molar-refractivity contribution in [2.24, 2.45) is 0 Å². The number of anilines is 2. The van der Waals surface area contributed by atoms with E-state index in [1.54, 1.807) is 0 Å². The van der Waals surface area contributed by atoms with Crippen molar-refractivity contribution >= 4 is 17.5 Å². The summed E-state index contributed by atoms with van der Waals surface area (Å²) in [5.74, 6) is 0.769. The number of carbonyl (C=O) groups excluding carboxylic acids is 1. The molecule has 1 atom stereocenters. The van der Waals surface area contributed by atoms with Crippen LogP contribution in [0.2, 0.25) is 0 Å². The van der Waals surface area contributed by atoms with Crippen LogP contribution in [0.1, 0.15) is 24.8 Å². The van der Waals surface area contributed by atoms with E-state index >= 15 is 0 Å². The van der Waals surface area contributed by atoms with Gasteiger partial charge >= 0.3 is 0 Å². The molecule has 1 aromatic heterocycles. The van der Waals surface area contributed by atoms with Crippen LogP contribution in [0.5, 0.6) is 0 Å². The standard InChI is InChI=1S/C22H29N5O2/c1-25(2)21-23-13-18(14-24-21)15-26-11-6-9-22(10-12-26)17-27(20(28)16-29-22)19-7-4-3-5-8-19/h3-5,7-8,13-14H,6,9-12,15-17H2,1-2H3. The topological polar surface area (TPSA) is 61.8 Å². The van der Waals surface area contributed by atoms with E-state index in [2.05, 4.69) is 14.9 Å². The molecule has 2 aliphatic heterocycles. The number of nitrogens with zero attached hydrogens (tertiary/aromatic N) is 5. The van der Waals surface area contributed by atoms with Crippen LogP contribution in [0.25, 0.3) is 0 Å². The zero-order valence-electron chi connectivity index (χ0n) is 17.3. The lowest BCUT2D eigenvalue weighted by molar-refractivity contribution is -0.140. The third kappa shape index (κ3) is 4.57. The Morgan fingerprint density at radius 2 is 1.86 bits per heavy atom. The summed E-state index contributed by atoms with van der Waals surface area (Å²) in [6, 6.07) is 9.92. The molecule has 2 fully saturated rings. The van der Waals surface area contributed by atoms with E-state index in [9.17, 15) is 4.79 Å². The van der Waals surface area contributed by atoms with E-state index in [-0.39, 0.29) is 18.1 Å². The number of aromatic nitrogens is 2. The minimum atomic E-state index is -0.260. The molecular weight excluding hydrogens is 366 g/mol. The van der Waals surface area contributed by atoms with Crippen molar-refractivity contribution < 1.29 is 9.53 Å². The number of carbonyl (C=O) groups is 1. The zero-order valence-corrected chi connectivity index (χ0v) is 17.3. The van der Waals surface area contributed by atoms with Gasteiger partial charge in [-0.2, -0.15) is 0 Å². The number of rotatable bonds is 4. The minimum absolute atomic E-state index is 0.0426. The summed E-state index contributed by atoms with van der Waals surface area (Å²) in [6.45, 7) is 3.58. The van der Waals surface area contributed by atoms with Crippen LogP contribution in [0.3, 0.4) is 0 Å². The zero-order chi connectivity index (χ0) is 20.3. The van der Waals surface area contributed by atoms with Crippen LogP contribution in [-0.4, -0.2) is 66.7 Å². The molecule has 3 heterocycles. The molecule has 154 valence electrons. The fourth-order valence-corrected chi connectivity index (χ4v) is 4.16. The Labute approximate surface area is 172 Å². The molecule has 7 heteroatoms. The van der Waals surface area contributed by atoms with Crippen LogP contribution < -0.4 is 9.80 Å². The third-order valence-electron chi connectivity index (χ3n) is 5.81. The number of hydrogen-bond acceptors (Lipinski definition) is 6. The Bertz CT molecular complexity index is 827. The van der Waals surface area contributed by atoms with Crippen molar-refractivity contribution in [1.82, 2.24) is 14.9 Å². The van der Waals surface area contributed by atoms with E-state index in [1.807, 2.05) is 66.6 Å². The molecule has 2 aromatic rings. The van der Waals surface area contributed by atoms with Gasteiger partial charge < -0.3 is 14.5 Å². The highest BCUT2D eigenvalue weighted by molar-refractivity contribution is 5.95. The maximum atomic E-state index is 12.5. The molecule has 2 aliphatic rings. The molecule has 1 aromatic carbocycles. The van der Waals surface area contributed by atoms with Crippen molar-refractivity contribution in [2.75, 3.05) is 50.1 Å². The second-order valence-corrected chi connectivity index (χ2v) is 8.20. The van der Waals surface area contributed by atoms with E-state index in [1.165, 1.54) is 0 Å². The van der Waals surface area contributed by atoms with Gasteiger partial charge in [0.15, 0.2) is 0 Å². The second kappa shape index (κ2) is 8.47. The maximum absolute atomic E-state index is 12.5. The molecule has 2 saturated heterocycles. The predicted octanol–water partition coefficient (Wildman–Crippen LogP) is 2.33. The molecule has 1 spiro atoms. The van der Waals surface area contributed by atoms with Crippen LogP contribution in [0.15, 0.2) is 42.7 Å². The normalized spacial score (nSPS) is 23.2. The van der Waals surface area contributed by atoms with Crippen LogP contribution in [0, 0.1) is 0 Å². The Morgan fingerprint density at radius 3 is 2.59 bits per heavy atom. The lowest BCUT2D eigenvalue weighted by Crippen LogP contribution is -2.55. The summed E-state index contributed by atoms with van der Waals surface area (Å²) >= 11 is 0. The minimum Gasteiger partial charge on any atom is -0.363 e. The van der Waals surface area contributed by atoms with Gasteiger partial charge in [0.1, 0.15) is 6.61 Å². The van der Waals surface area contributed by atoms with Crippen molar-refractivity contribution in [3.63, 3.8) is 0 Å².